The topological polar surface area (TPSA) is 16.1 Å². The summed E-state index contributed by atoms with van der Waals surface area (Å²) in [5, 5.41) is 0. The second-order valence-corrected chi connectivity index (χ2v) is 3.75. The van der Waals surface area contributed by atoms with Gasteiger partial charge in [0.2, 0.25) is 11.6 Å². The summed E-state index contributed by atoms with van der Waals surface area (Å²) < 4.78 is 52.7. The van der Waals surface area contributed by atoms with Crippen molar-refractivity contribution in [2.24, 2.45) is 0 Å². The number of aromatic nitrogens is 1. The number of pyridine rings is 1. The lowest BCUT2D eigenvalue weighted by Crippen LogP contribution is -2.32. The Morgan fingerprint density at radius 3 is 1.76 bits per heavy atom. The first-order valence-corrected chi connectivity index (χ1v) is 5.36. The molecule has 0 radical (unpaired) electrons. The molecule has 0 aliphatic carbocycles. The lowest BCUT2D eigenvalue weighted by Gasteiger charge is -2.28. The van der Waals surface area contributed by atoms with Crippen LogP contribution in [-0.2, 0) is 0 Å². The zero-order chi connectivity index (χ0) is 13.2. The first-order chi connectivity index (χ1) is 7.93. The average molecular weight is 250 g/mol. The standard InChI is InChI=1S/C11H14F4N2/c1-4-6(5-2)17(3)9-7(12)10(14)16-11(15)8(9)13/h6H,4-5H2,1-3H3. The fraction of sp³-hybridized carbons (Fsp3) is 0.545. The Bertz CT molecular complexity index is 379. The van der Waals surface area contributed by atoms with Crippen LogP contribution in [-0.4, -0.2) is 18.1 Å². The van der Waals surface area contributed by atoms with Gasteiger partial charge < -0.3 is 4.90 Å². The third-order valence-electron chi connectivity index (χ3n) is 2.82. The van der Waals surface area contributed by atoms with E-state index in [0.717, 1.165) is 0 Å². The van der Waals surface area contributed by atoms with Crippen LogP contribution in [0.25, 0.3) is 0 Å². The Morgan fingerprint density at radius 2 is 1.41 bits per heavy atom. The maximum atomic E-state index is 13.4. The van der Waals surface area contributed by atoms with Crippen LogP contribution in [0.3, 0.4) is 0 Å². The largest absolute Gasteiger partial charge is 0.367 e. The summed E-state index contributed by atoms with van der Waals surface area (Å²) in [5.41, 5.74) is -0.705. The van der Waals surface area contributed by atoms with Crippen molar-refractivity contribution in [3.8, 4) is 0 Å². The molecular formula is C11H14F4N2. The second kappa shape index (κ2) is 5.33. The molecule has 1 aromatic rings. The highest BCUT2D eigenvalue weighted by molar-refractivity contribution is 5.48. The fourth-order valence-corrected chi connectivity index (χ4v) is 1.80. The highest BCUT2D eigenvalue weighted by Crippen LogP contribution is 2.27. The highest BCUT2D eigenvalue weighted by Gasteiger charge is 2.26. The van der Waals surface area contributed by atoms with Gasteiger partial charge in [-0.15, -0.1) is 0 Å². The first kappa shape index (κ1) is 13.7. The molecule has 0 aliphatic heterocycles. The second-order valence-electron chi connectivity index (χ2n) is 3.75. The first-order valence-electron chi connectivity index (χ1n) is 5.36. The molecule has 6 heteroatoms. The van der Waals surface area contributed by atoms with Gasteiger partial charge in [0, 0.05) is 13.1 Å². The average Bonchev–Trinajstić information content (AvgIpc) is 2.28. The van der Waals surface area contributed by atoms with Crippen molar-refractivity contribution in [3.63, 3.8) is 0 Å². The summed E-state index contributed by atoms with van der Waals surface area (Å²) in [4.78, 5) is 3.72. The molecule has 0 bridgehead atoms. The summed E-state index contributed by atoms with van der Waals surface area (Å²) in [7, 11) is 1.40. The van der Waals surface area contributed by atoms with Gasteiger partial charge >= 0.3 is 0 Å². The molecule has 0 spiro atoms. The van der Waals surface area contributed by atoms with Crippen molar-refractivity contribution >= 4 is 5.69 Å². The molecule has 0 fully saturated rings. The van der Waals surface area contributed by atoms with E-state index in [1.807, 2.05) is 13.8 Å². The lowest BCUT2D eigenvalue weighted by molar-refractivity contribution is 0.402. The van der Waals surface area contributed by atoms with Gasteiger partial charge in [0.05, 0.1) is 0 Å². The minimum atomic E-state index is -1.63. The number of anilines is 1. The molecule has 0 unspecified atom stereocenters. The van der Waals surface area contributed by atoms with Gasteiger partial charge in [0.15, 0.2) is 0 Å². The minimum absolute atomic E-state index is 0.194. The highest BCUT2D eigenvalue weighted by atomic mass is 19.2. The Hall–Kier alpha value is -1.33. The van der Waals surface area contributed by atoms with E-state index in [9.17, 15) is 17.6 Å². The van der Waals surface area contributed by atoms with E-state index < -0.39 is 29.2 Å². The molecule has 0 N–H and O–H groups in total. The normalized spacial score (nSPS) is 11.1. The maximum Gasteiger partial charge on any atom is 0.253 e. The molecule has 96 valence electrons. The van der Waals surface area contributed by atoms with E-state index >= 15 is 0 Å². The van der Waals surface area contributed by atoms with Crippen LogP contribution < -0.4 is 4.90 Å². The monoisotopic (exact) mass is 250 g/mol. The minimum Gasteiger partial charge on any atom is -0.367 e. The fourth-order valence-electron chi connectivity index (χ4n) is 1.80. The summed E-state index contributed by atoms with van der Waals surface area (Å²) in [5.74, 6) is -6.18. The number of rotatable bonds is 4. The van der Waals surface area contributed by atoms with E-state index in [1.165, 1.54) is 11.9 Å². The van der Waals surface area contributed by atoms with Crippen molar-refractivity contribution in [3.05, 3.63) is 23.5 Å². The molecule has 0 aliphatic rings. The molecular weight excluding hydrogens is 236 g/mol. The van der Waals surface area contributed by atoms with Gasteiger partial charge in [0.25, 0.3) is 11.9 Å². The van der Waals surface area contributed by atoms with Crippen LogP contribution in [0.1, 0.15) is 26.7 Å². The Kier molecular flexibility index (Phi) is 4.31. The van der Waals surface area contributed by atoms with Gasteiger partial charge in [-0.3, -0.25) is 0 Å². The molecule has 0 amide bonds. The van der Waals surface area contributed by atoms with Crippen molar-refractivity contribution in [2.75, 3.05) is 11.9 Å². The molecule has 1 rings (SSSR count). The molecule has 0 saturated heterocycles. The van der Waals surface area contributed by atoms with Crippen LogP contribution in [0, 0.1) is 23.5 Å². The zero-order valence-corrected chi connectivity index (χ0v) is 9.90. The third-order valence-corrected chi connectivity index (χ3v) is 2.82. The van der Waals surface area contributed by atoms with Crippen LogP contribution >= 0.6 is 0 Å². The van der Waals surface area contributed by atoms with Crippen LogP contribution in [0.4, 0.5) is 23.2 Å². The van der Waals surface area contributed by atoms with Crippen molar-refractivity contribution < 1.29 is 17.6 Å². The molecule has 0 aromatic carbocycles. The van der Waals surface area contributed by atoms with Gasteiger partial charge in [-0.25, -0.2) is 0 Å². The Morgan fingerprint density at radius 1 is 1.00 bits per heavy atom. The number of halogens is 4. The van der Waals surface area contributed by atoms with Gasteiger partial charge in [0.1, 0.15) is 5.69 Å². The third kappa shape index (κ3) is 2.50. The smallest absolute Gasteiger partial charge is 0.253 e. The van der Waals surface area contributed by atoms with Gasteiger partial charge in [-0.05, 0) is 12.8 Å². The van der Waals surface area contributed by atoms with Crippen LogP contribution in [0.2, 0.25) is 0 Å². The van der Waals surface area contributed by atoms with Crippen molar-refractivity contribution in [1.29, 1.82) is 0 Å². The van der Waals surface area contributed by atoms with E-state index in [-0.39, 0.29) is 6.04 Å². The summed E-state index contributed by atoms with van der Waals surface area (Å²) >= 11 is 0. The molecule has 1 aromatic heterocycles. The zero-order valence-electron chi connectivity index (χ0n) is 9.90. The van der Waals surface area contributed by atoms with Crippen molar-refractivity contribution in [1.82, 2.24) is 4.98 Å². The Labute approximate surface area is 97.3 Å². The molecule has 1 heterocycles. The van der Waals surface area contributed by atoms with E-state index in [2.05, 4.69) is 4.98 Å². The SMILES string of the molecule is CCC(CC)N(C)c1c(F)c(F)nc(F)c1F. The predicted molar refractivity (Wildman–Crippen MR) is 56.8 cm³/mol. The van der Waals surface area contributed by atoms with Crippen molar-refractivity contribution in [2.45, 2.75) is 32.7 Å². The van der Waals surface area contributed by atoms with Gasteiger partial charge in [-0.2, -0.15) is 22.5 Å². The van der Waals surface area contributed by atoms with E-state index in [0.29, 0.717) is 12.8 Å². The number of hydrogen-bond acceptors (Lipinski definition) is 2. The van der Waals surface area contributed by atoms with E-state index in [1.54, 1.807) is 0 Å². The summed E-state index contributed by atoms with van der Waals surface area (Å²) in [6.07, 6.45) is 1.22. The number of nitrogens with zero attached hydrogens (tertiary/aromatic N) is 2. The quantitative estimate of drug-likeness (QED) is 0.602. The summed E-state index contributed by atoms with van der Waals surface area (Å²) in [6.45, 7) is 3.66. The molecule has 17 heavy (non-hydrogen) atoms. The Balaban J connectivity index is 3.29. The summed E-state index contributed by atoms with van der Waals surface area (Å²) in [6, 6.07) is -0.194. The molecule has 0 saturated carbocycles. The molecule has 2 nitrogen and oxygen atoms in total. The molecule has 0 atom stereocenters. The van der Waals surface area contributed by atoms with Crippen LogP contribution in [0.5, 0.6) is 0 Å². The lowest BCUT2D eigenvalue weighted by atomic mass is 10.1. The van der Waals surface area contributed by atoms with Crippen LogP contribution in [0.15, 0.2) is 0 Å². The predicted octanol–water partition coefficient (Wildman–Crippen LogP) is 3.26. The maximum absolute atomic E-state index is 13.4. The van der Waals surface area contributed by atoms with Gasteiger partial charge in [-0.1, -0.05) is 13.8 Å². The van der Waals surface area contributed by atoms with E-state index in [4.69, 9.17) is 0 Å². The number of hydrogen-bond donors (Lipinski definition) is 0.